The number of hydrogen-bond donors (Lipinski definition) is 2. The molecule has 1 rings (SSSR count). The lowest BCUT2D eigenvalue weighted by atomic mass is 10.2. The van der Waals surface area contributed by atoms with Gasteiger partial charge in [-0.25, -0.2) is 8.42 Å². The van der Waals surface area contributed by atoms with Gasteiger partial charge in [-0.05, 0) is 25.1 Å². The molecule has 0 aliphatic carbocycles. The van der Waals surface area contributed by atoms with Crippen LogP contribution in [-0.2, 0) is 14.6 Å². The standard InChI is InChI=1S/C13H20N2O3S/c1-4-19(17,18)9-10(2)14-12-6-5-7-13(8-12)15-11(3)16/h5-8,10,14H,4,9H2,1-3H3,(H,15,16). The van der Waals surface area contributed by atoms with E-state index >= 15 is 0 Å². The number of benzene rings is 1. The summed E-state index contributed by atoms with van der Waals surface area (Å²) in [6.45, 7) is 4.90. The number of carbonyl (C=O) groups is 1. The highest BCUT2D eigenvalue weighted by atomic mass is 32.2. The molecular weight excluding hydrogens is 264 g/mol. The summed E-state index contributed by atoms with van der Waals surface area (Å²) in [7, 11) is -3.00. The third-order valence-electron chi connectivity index (χ3n) is 2.54. The van der Waals surface area contributed by atoms with Crippen molar-refractivity contribution in [3.8, 4) is 0 Å². The maximum absolute atomic E-state index is 11.5. The van der Waals surface area contributed by atoms with Gasteiger partial charge in [-0.3, -0.25) is 4.79 Å². The molecule has 1 unspecified atom stereocenters. The van der Waals surface area contributed by atoms with E-state index in [1.165, 1.54) is 6.92 Å². The van der Waals surface area contributed by atoms with E-state index in [1.807, 2.05) is 13.0 Å². The molecule has 19 heavy (non-hydrogen) atoms. The summed E-state index contributed by atoms with van der Waals surface area (Å²) >= 11 is 0. The summed E-state index contributed by atoms with van der Waals surface area (Å²) in [6.07, 6.45) is 0. The van der Waals surface area contributed by atoms with E-state index in [-0.39, 0.29) is 23.5 Å². The van der Waals surface area contributed by atoms with Crippen molar-refractivity contribution in [2.24, 2.45) is 0 Å². The average Bonchev–Trinajstić information content (AvgIpc) is 2.27. The van der Waals surface area contributed by atoms with Crippen molar-refractivity contribution in [1.82, 2.24) is 0 Å². The molecule has 0 heterocycles. The maximum atomic E-state index is 11.5. The van der Waals surface area contributed by atoms with E-state index in [0.29, 0.717) is 5.69 Å². The molecule has 0 spiro atoms. The normalized spacial score (nSPS) is 12.8. The predicted octanol–water partition coefficient (Wildman–Crippen LogP) is 1.88. The van der Waals surface area contributed by atoms with Crippen molar-refractivity contribution in [2.75, 3.05) is 22.1 Å². The Kier molecular flexibility index (Phi) is 5.35. The van der Waals surface area contributed by atoms with Crippen LogP contribution in [0.3, 0.4) is 0 Å². The summed E-state index contributed by atoms with van der Waals surface area (Å²) in [6, 6.07) is 7.00. The second-order valence-corrected chi connectivity index (χ2v) is 6.90. The second kappa shape index (κ2) is 6.56. The van der Waals surface area contributed by atoms with Gasteiger partial charge in [0.15, 0.2) is 9.84 Å². The lowest BCUT2D eigenvalue weighted by Crippen LogP contribution is -2.26. The van der Waals surface area contributed by atoms with Gasteiger partial charge in [0.05, 0.1) is 5.75 Å². The molecule has 0 aliphatic rings. The minimum Gasteiger partial charge on any atom is -0.382 e. The first-order valence-electron chi connectivity index (χ1n) is 6.17. The minimum absolute atomic E-state index is 0.0911. The Morgan fingerprint density at radius 1 is 1.32 bits per heavy atom. The zero-order chi connectivity index (χ0) is 14.5. The predicted molar refractivity (Wildman–Crippen MR) is 78.2 cm³/mol. The quantitative estimate of drug-likeness (QED) is 0.836. The third kappa shape index (κ3) is 5.74. The first-order valence-corrected chi connectivity index (χ1v) is 7.99. The third-order valence-corrected chi connectivity index (χ3v) is 4.43. The van der Waals surface area contributed by atoms with Crippen LogP contribution < -0.4 is 10.6 Å². The fourth-order valence-corrected chi connectivity index (χ4v) is 2.80. The Morgan fingerprint density at radius 2 is 1.95 bits per heavy atom. The zero-order valence-corrected chi connectivity index (χ0v) is 12.3. The van der Waals surface area contributed by atoms with E-state index in [0.717, 1.165) is 5.69 Å². The zero-order valence-electron chi connectivity index (χ0n) is 11.4. The van der Waals surface area contributed by atoms with Crippen LogP contribution in [-0.4, -0.2) is 31.9 Å². The molecule has 0 bridgehead atoms. The highest BCUT2D eigenvalue weighted by Gasteiger charge is 2.13. The summed E-state index contributed by atoms with van der Waals surface area (Å²) in [5.74, 6) is 0.0949. The average molecular weight is 284 g/mol. The summed E-state index contributed by atoms with van der Waals surface area (Å²) < 4.78 is 23.0. The SMILES string of the molecule is CCS(=O)(=O)CC(C)Nc1cccc(NC(C)=O)c1. The van der Waals surface area contributed by atoms with Gasteiger partial charge < -0.3 is 10.6 Å². The monoisotopic (exact) mass is 284 g/mol. The van der Waals surface area contributed by atoms with Crippen molar-refractivity contribution in [3.63, 3.8) is 0 Å². The van der Waals surface area contributed by atoms with Gasteiger partial charge in [-0.1, -0.05) is 13.0 Å². The molecule has 6 heteroatoms. The molecule has 0 aliphatic heterocycles. The molecule has 2 N–H and O–H groups in total. The molecule has 0 radical (unpaired) electrons. The fraction of sp³-hybridized carbons (Fsp3) is 0.462. The smallest absolute Gasteiger partial charge is 0.221 e. The van der Waals surface area contributed by atoms with E-state index in [1.54, 1.807) is 25.1 Å². The first-order chi connectivity index (χ1) is 8.82. The van der Waals surface area contributed by atoms with Gasteiger partial charge in [0.1, 0.15) is 0 Å². The van der Waals surface area contributed by atoms with Crippen molar-refractivity contribution >= 4 is 27.1 Å². The Bertz CT molecular complexity index is 541. The van der Waals surface area contributed by atoms with Crippen LogP contribution in [0.5, 0.6) is 0 Å². The number of hydrogen-bond acceptors (Lipinski definition) is 4. The lowest BCUT2D eigenvalue weighted by molar-refractivity contribution is -0.114. The van der Waals surface area contributed by atoms with Gasteiger partial charge >= 0.3 is 0 Å². The molecule has 1 aromatic carbocycles. The van der Waals surface area contributed by atoms with E-state index in [4.69, 9.17) is 0 Å². The Morgan fingerprint density at radius 3 is 2.53 bits per heavy atom. The Labute approximate surface area is 114 Å². The molecule has 1 aromatic rings. The van der Waals surface area contributed by atoms with Gasteiger partial charge in [-0.15, -0.1) is 0 Å². The van der Waals surface area contributed by atoms with Crippen LogP contribution in [0.25, 0.3) is 0 Å². The van der Waals surface area contributed by atoms with Crippen LogP contribution in [0.2, 0.25) is 0 Å². The Balaban J connectivity index is 2.69. The van der Waals surface area contributed by atoms with Crippen LogP contribution >= 0.6 is 0 Å². The number of amides is 1. The molecular formula is C13H20N2O3S. The molecule has 5 nitrogen and oxygen atoms in total. The molecule has 106 valence electrons. The molecule has 0 saturated heterocycles. The van der Waals surface area contributed by atoms with Crippen LogP contribution in [0.15, 0.2) is 24.3 Å². The molecule has 0 fully saturated rings. The summed E-state index contributed by atoms with van der Waals surface area (Å²) in [5.41, 5.74) is 1.47. The number of anilines is 2. The topological polar surface area (TPSA) is 75.3 Å². The summed E-state index contributed by atoms with van der Waals surface area (Å²) in [4.78, 5) is 11.0. The molecule has 1 atom stereocenters. The van der Waals surface area contributed by atoms with Crippen LogP contribution in [0, 0.1) is 0 Å². The van der Waals surface area contributed by atoms with E-state index in [9.17, 15) is 13.2 Å². The van der Waals surface area contributed by atoms with Crippen LogP contribution in [0.4, 0.5) is 11.4 Å². The van der Waals surface area contributed by atoms with E-state index in [2.05, 4.69) is 10.6 Å². The van der Waals surface area contributed by atoms with Gasteiger partial charge in [0.25, 0.3) is 0 Å². The van der Waals surface area contributed by atoms with Gasteiger partial charge in [-0.2, -0.15) is 0 Å². The molecule has 0 saturated carbocycles. The Hall–Kier alpha value is -1.56. The minimum atomic E-state index is -3.00. The lowest BCUT2D eigenvalue weighted by Gasteiger charge is -2.15. The second-order valence-electron chi connectivity index (χ2n) is 4.51. The van der Waals surface area contributed by atoms with Crippen LogP contribution in [0.1, 0.15) is 20.8 Å². The van der Waals surface area contributed by atoms with Gasteiger partial charge in [0, 0.05) is 30.1 Å². The fourth-order valence-electron chi connectivity index (χ4n) is 1.71. The number of carbonyl (C=O) groups excluding carboxylic acids is 1. The highest BCUT2D eigenvalue weighted by Crippen LogP contribution is 2.16. The van der Waals surface area contributed by atoms with Crippen molar-refractivity contribution in [3.05, 3.63) is 24.3 Å². The van der Waals surface area contributed by atoms with Crippen molar-refractivity contribution in [2.45, 2.75) is 26.8 Å². The van der Waals surface area contributed by atoms with Gasteiger partial charge in [0.2, 0.25) is 5.91 Å². The summed E-state index contributed by atoms with van der Waals surface area (Å²) in [5, 5.41) is 5.80. The first kappa shape index (κ1) is 15.5. The maximum Gasteiger partial charge on any atom is 0.221 e. The largest absolute Gasteiger partial charge is 0.382 e. The molecule has 0 aromatic heterocycles. The van der Waals surface area contributed by atoms with Crippen molar-refractivity contribution in [1.29, 1.82) is 0 Å². The molecule has 1 amide bonds. The number of rotatable bonds is 6. The van der Waals surface area contributed by atoms with Crippen molar-refractivity contribution < 1.29 is 13.2 Å². The highest BCUT2D eigenvalue weighted by molar-refractivity contribution is 7.91. The number of nitrogens with one attached hydrogen (secondary N) is 2. The van der Waals surface area contributed by atoms with E-state index < -0.39 is 9.84 Å². The number of sulfone groups is 1.